The maximum Gasteiger partial charge on any atom is 0.234 e. The average Bonchev–Trinajstić information content (AvgIpc) is 2.86. The van der Waals surface area contributed by atoms with E-state index >= 15 is 0 Å². The quantitative estimate of drug-likeness (QED) is 0.812. The Morgan fingerprint density at radius 3 is 2.45 bits per heavy atom. The predicted octanol–water partition coefficient (Wildman–Crippen LogP) is 2.87. The van der Waals surface area contributed by atoms with Crippen LogP contribution in [0.4, 0.5) is 0 Å². The summed E-state index contributed by atoms with van der Waals surface area (Å²) in [6.45, 7) is 4.42. The third-order valence-electron chi connectivity index (χ3n) is 5.88. The van der Waals surface area contributed by atoms with Gasteiger partial charge in [-0.15, -0.1) is 0 Å². The molecule has 1 amide bonds. The van der Waals surface area contributed by atoms with E-state index in [1.165, 1.54) is 0 Å². The zero-order valence-electron chi connectivity index (χ0n) is 13.6. The van der Waals surface area contributed by atoms with E-state index in [4.69, 9.17) is 9.97 Å². The lowest BCUT2D eigenvalue weighted by atomic mass is 9.67. The summed E-state index contributed by atoms with van der Waals surface area (Å²) in [6.07, 6.45) is 1.90. The first-order valence-electron chi connectivity index (χ1n) is 7.88. The topological polar surface area (TPSA) is 46.1 Å². The highest BCUT2D eigenvalue weighted by molar-refractivity contribution is 5.92. The van der Waals surface area contributed by atoms with Crippen molar-refractivity contribution >= 4 is 16.9 Å². The van der Waals surface area contributed by atoms with Gasteiger partial charge in [0.25, 0.3) is 0 Å². The first-order chi connectivity index (χ1) is 10.4. The van der Waals surface area contributed by atoms with Gasteiger partial charge < -0.3 is 4.90 Å². The highest BCUT2D eigenvalue weighted by Crippen LogP contribution is 2.67. The second-order valence-electron chi connectivity index (χ2n) is 7.36. The smallest absolute Gasteiger partial charge is 0.234 e. The van der Waals surface area contributed by atoms with Crippen molar-refractivity contribution < 1.29 is 4.79 Å². The number of aromatic nitrogens is 2. The molecular formula is C18H21N3O. The van der Waals surface area contributed by atoms with Crippen molar-refractivity contribution in [3.05, 3.63) is 35.7 Å². The molecule has 2 aliphatic rings. The molecule has 2 atom stereocenters. The van der Waals surface area contributed by atoms with Gasteiger partial charge in [0.2, 0.25) is 5.91 Å². The monoisotopic (exact) mass is 295 g/mol. The molecule has 1 aromatic carbocycles. The number of likely N-dealkylation sites (N-methyl/N-ethyl adjacent to an activating group) is 1. The minimum Gasteiger partial charge on any atom is -0.348 e. The number of para-hydroxylation sites is 2. The average molecular weight is 295 g/mol. The molecule has 4 heteroatoms. The molecule has 1 heterocycles. The third kappa shape index (κ3) is 1.36. The number of nitrogens with zero attached hydrogens (tertiary/aromatic N) is 3. The number of carbonyl (C=O) groups excluding carboxylic acids is 1. The van der Waals surface area contributed by atoms with Crippen LogP contribution in [0.15, 0.2) is 24.3 Å². The minimum atomic E-state index is -0.520. The number of fused-ring (bicyclic) bond motifs is 6. The molecule has 114 valence electrons. The molecule has 4 nitrogen and oxygen atoms in total. The molecule has 1 fully saturated rings. The first-order valence-corrected chi connectivity index (χ1v) is 7.88. The van der Waals surface area contributed by atoms with E-state index in [2.05, 4.69) is 13.8 Å². The molecule has 22 heavy (non-hydrogen) atoms. The Bertz CT molecular complexity index is 796. The molecule has 4 rings (SSSR count). The fourth-order valence-electron chi connectivity index (χ4n) is 4.68. The molecule has 2 aliphatic carbocycles. The van der Waals surface area contributed by atoms with Crippen LogP contribution < -0.4 is 0 Å². The van der Waals surface area contributed by atoms with Crippen LogP contribution in [0, 0.1) is 5.41 Å². The molecule has 0 saturated heterocycles. The fraction of sp³-hybridized carbons (Fsp3) is 0.500. The highest BCUT2D eigenvalue weighted by Gasteiger charge is 2.68. The van der Waals surface area contributed by atoms with E-state index in [0.29, 0.717) is 5.92 Å². The van der Waals surface area contributed by atoms with E-state index in [-0.39, 0.29) is 11.3 Å². The largest absolute Gasteiger partial charge is 0.348 e. The normalized spacial score (nSPS) is 27.9. The highest BCUT2D eigenvalue weighted by atomic mass is 16.2. The third-order valence-corrected chi connectivity index (χ3v) is 5.88. The summed E-state index contributed by atoms with van der Waals surface area (Å²) >= 11 is 0. The van der Waals surface area contributed by atoms with Crippen LogP contribution in [-0.4, -0.2) is 34.9 Å². The molecule has 2 unspecified atom stereocenters. The molecular weight excluding hydrogens is 274 g/mol. The van der Waals surface area contributed by atoms with Crippen molar-refractivity contribution in [2.75, 3.05) is 14.1 Å². The Kier molecular flexibility index (Phi) is 2.52. The van der Waals surface area contributed by atoms with Crippen LogP contribution in [0.3, 0.4) is 0 Å². The minimum absolute atomic E-state index is 0.131. The van der Waals surface area contributed by atoms with Crippen LogP contribution >= 0.6 is 0 Å². The van der Waals surface area contributed by atoms with E-state index in [1.54, 1.807) is 4.90 Å². The van der Waals surface area contributed by atoms with Crippen LogP contribution in [-0.2, 0) is 10.2 Å². The van der Waals surface area contributed by atoms with E-state index in [1.807, 2.05) is 38.4 Å². The molecule has 2 aromatic rings. The standard InChI is InChI=1S/C18H21N3O/c1-17(2)11-9-10-18(17,16(22)21(3)4)15-14(11)19-12-7-5-6-8-13(12)20-15/h5-8,11H,9-10H2,1-4H3. The van der Waals surface area contributed by atoms with Gasteiger partial charge in [0.05, 0.1) is 27.8 Å². The second-order valence-corrected chi connectivity index (χ2v) is 7.36. The molecule has 0 radical (unpaired) electrons. The Labute approximate surface area is 130 Å². The number of carbonyl (C=O) groups is 1. The number of rotatable bonds is 1. The summed E-state index contributed by atoms with van der Waals surface area (Å²) in [5.74, 6) is 0.492. The van der Waals surface area contributed by atoms with E-state index < -0.39 is 5.41 Å². The number of hydrogen-bond donors (Lipinski definition) is 0. The molecule has 0 spiro atoms. The van der Waals surface area contributed by atoms with Crippen molar-refractivity contribution in [1.82, 2.24) is 14.9 Å². The van der Waals surface area contributed by atoms with Gasteiger partial charge in [-0.2, -0.15) is 0 Å². The van der Waals surface area contributed by atoms with Gasteiger partial charge in [0.1, 0.15) is 0 Å². The SMILES string of the molecule is CN(C)C(=O)C12CCC(c3nc4ccccc4nc31)C2(C)C. The van der Waals surface area contributed by atoms with Gasteiger partial charge in [-0.3, -0.25) is 4.79 Å². The fourth-order valence-corrected chi connectivity index (χ4v) is 4.68. The van der Waals surface area contributed by atoms with E-state index in [0.717, 1.165) is 35.3 Å². The Balaban J connectivity index is 2.05. The van der Waals surface area contributed by atoms with Gasteiger partial charge in [-0.05, 0) is 30.4 Å². The zero-order valence-corrected chi connectivity index (χ0v) is 13.6. The number of amides is 1. The maximum absolute atomic E-state index is 13.1. The summed E-state index contributed by atoms with van der Waals surface area (Å²) in [6, 6.07) is 7.95. The second kappa shape index (κ2) is 4.06. The van der Waals surface area contributed by atoms with Gasteiger partial charge in [0, 0.05) is 20.0 Å². The lowest BCUT2D eigenvalue weighted by Gasteiger charge is -2.38. The first kappa shape index (κ1) is 13.7. The molecule has 0 aliphatic heterocycles. The lowest BCUT2D eigenvalue weighted by Crippen LogP contribution is -2.49. The van der Waals surface area contributed by atoms with Gasteiger partial charge in [0.15, 0.2) is 0 Å². The van der Waals surface area contributed by atoms with Crippen molar-refractivity contribution in [2.45, 2.75) is 38.0 Å². The Morgan fingerprint density at radius 1 is 1.18 bits per heavy atom. The van der Waals surface area contributed by atoms with Crippen molar-refractivity contribution in [3.63, 3.8) is 0 Å². The number of hydrogen-bond acceptors (Lipinski definition) is 3. The van der Waals surface area contributed by atoms with Gasteiger partial charge in [-0.25, -0.2) is 9.97 Å². The predicted molar refractivity (Wildman–Crippen MR) is 85.7 cm³/mol. The zero-order chi connectivity index (χ0) is 15.7. The molecule has 2 bridgehead atoms. The van der Waals surface area contributed by atoms with Crippen molar-refractivity contribution in [2.24, 2.45) is 5.41 Å². The summed E-state index contributed by atoms with van der Waals surface area (Å²) < 4.78 is 0. The van der Waals surface area contributed by atoms with Crippen LogP contribution in [0.25, 0.3) is 11.0 Å². The van der Waals surface area contributed by atoms with Gasteiger partial charge >= 0.3 is 0 Å². The van der Waals surface area contributed by atoms with Crippen LogP contribution in [0.5, 0.6) is 0 Å². The summed E-state index contributed by atoms with van der Waals surface area (Å²) in [5.41, 5.74) is 3.13. The van der Waals surface area contributed by atoms with E-state index in [9.17, 15) is 4.79 Å². The molecule has 1 saturated carbocycles. The molecule has 1 aromatic heterocycles. The van der Waals surface area contributed by atoms with Crippen molar-refractivity contribution in [3.8, 4) is 0 Å². The van der Waals surface area contributed by atoms with Crippen LogP contribution in [0.2, 0.25) is 0 Å². The van der Waals surface area contributed by atoms with Crippen LogP contribution in [0.1, 0.15) is 44.0 Å². The lowest BCUT2D eigenvalue weighted by molar-refractivity contribution is -0.138. The van der Waals surface area contributed by atoms with Gasteiger partial charge in [-0.1, -0.05) is 26.0 Å². The molecule has 0 N–H and O–H groups in total. The summed E-state index contributed by atoms with van der Waals surface area (Å²) in [7, 11) is 3.68. The Hall–Kier alpha value is -1.97. The van der Waals surface area contributed by atoms with Crippen molar-refractivity contribution in [1.29, 1.82) is 0 Å². The summed E-state index contributed by atoms with van der Waals surface area (Å²) in [5, 5.41) is 0. The maximum atomic E-state index is 13.1. The number of benzene rings is 1. The Morgan fingerprint density at radius 2 is 1.82 bits per heavy atom. The summed E-state index contributed by atoms with van der Waals surface area (Å²) in [4.78, 5) is 24.6.